The number of carbonyl (C=O) groups excluding carboxylic acids is 2. The lowest BCUT2D eigenvalue weighted by atomic mass is 10.2. The van der Waals surface area contributed by atoms with Gasteiger partial charge in [0.25, 0.3) is 5.91 Å². The van der Waals surface area contributed by atoms with E-state index in [1.165, 1.54) is 12.1 Å². The largest absolute Gasteiger partial charge is 0.376 e. The van der Waals surface area contributed by atoms with Gasteiger partial charge in [0, 0.05) is 24.4 Å². The van der Waals surface area contributed by atoms with Crippen molar-refractivity contribution in [2.24, 2.45) is 0 Å². The average molecular weight is 371 g/mol. The van der Waals surface area contributed by atoms with E-state index in [0.29, 0.717) is 17.8 Å². The maximum Gasteiger partial charge on any atom is 0.251 e. The summed E-state index contributed by atoms with van der Waals surface area (Å²) in [6.07, 6.45) is 2.10. The first kappa shape index (κ1) is 18.8. The fourth-order valence-corrected chi connectivity index (χ4v) is 2.79. The van der Waals surface area contributed by atoms with Crippen molar-refractivity contribution in [2.45, 2.75) is 18.9 Å². The number of ether oxygens (including phenoxy) is 1. The van der Waals surface area contributed by atoms with Gasteiger partial charge in [0.1, 0.15) is 5.82 Å². The van der Waals surface area contributed by atoms with Crippen LogP contribution < -0.4 is 16.0 Å². The molecule has 27 heavy (non-hydrogen) atoms. The molecule has 2 aromatic rings. The minimum Gasteiger partial charge on any atom is -0.376 e. The summed E-state index contributed by atoms with van der Waals surface area (Å²) in [5, 5.41) is 8.30. The fraction of sp³-hybridized carbons (Fsp3) is 0.300. The van der Waals surface area contributed by atoms with Crippen LogP contribution in [0.4, 0.5) is 15.8 Å². The van der Waals surface area contributed by atoms with Crippen LogP contribution in [0.15, 0.2) is 48.5 Å². The summed E-state index contributed by atoms with van der Waals surface area (Å²) in [4.78, 5) is 24.0. The highest BCUT2D eigenvalue weighted by Crippen LogP contribution is 2.14. The Balaban J connectivity index is 1.45. The van der Waals surface area contributed by atoms with Crippen molar-refractivity contribution in [3.63, 3.8) is 0 Å². The Labute approximate surface area is 157 Å². The van der Waals surface area contributed by atoms with Crippen LogP contribution in [-0.4, -0.2) is 37.6 Å². The number of amides is 2. The first-order valence-electron chi connectivity index (χ1n) is 8.90. The predicted molar refractivity (Wildman–Crippen MR) is 101 cm³/mol. The molecule has 0 radical (unpaired) electrons. The quantitative estimate of drug-likeness (QED) is 0.699. The van der Waals surface area contributed by atoms with Crippen molar-refractivity contribution in [3.8, 4) is 0 Å². The van der Waals surface area contributed by atoms with Crippen LogP contribution in [-0.2, 0) is 9.53 Å². The molecule has 1 heterocycles. The highest BCUT2D eigenvalue weighted by molar-refractivity contribution is 5.95. The standard InChI is InChI=1S/C20H22FN3O3/c21-17-5-1-2-6-18(17)24-19(25)13-22-15-9-7-14(8-10-15)20(26)23-12-16-4-3-11-27-16/h1-2,5-10,16,22H,3-4,11-13H2,(H,23,26)(H,24,25). The van der Waals surface area contributed by atoms with Gasteiger partial charge in [-0.1, -0.05) is 12.1 Å². The molecule has 1 saturated heterocycles. The second kappa shape index (κ2) is 9.14. The molecular weight excluding hydrogens is 349 g/mol. The molecule has 1 aliphatic heterocycles. The normalized spacial score (nSPS) is 16.0. The second-order valence-electron chi connectivity index (χ2n) is 6.30. The number of rotatable bonds is 7. The molecule has 1 unspecified atom stereocenters. The maximum atomic E-state index is 13.5. The molecule has 1 aliphatic rings. The number of halogens is 1. The van der Waals surface area contributed by atoms with Crippen LogP contribution in [0, 0.1) is 5.82 Å². The smallest absolute Gasteiger partial charge is 0.251 e. The van der Waals surface area contributed by atoms with Gasteiger partial charge in [-0.2, -0.15) is 0 Å². The Hall–Kier alpha value is -2.93. The summed E-state index contributed by atoms with van der Waals surface area (Å²) < 4.78 is 19.0. The molecule has 3 rings (SSSR count). The minimum absolute atomic E-state index is 0.0150. The molecule has 2 aromatic carbocycles. The molecule has 2 amide bonds. The first-order chi connectivity index (χ1) is 13.1. The number of hydrogen-bond donors (Lipinski definition) is 3. The third kappa shape index (κ3) is 5.52. The molecule has 0 bridgehead atoms. The van der Waals surface area contributed by atoms with Crippen molar-refractivity contribution in [1.29, 1.82) is 0 Å². The maximum absolute atomic E-state index is 13.5. The van der Waals surface area contributed by atoms with Crippen molar-refractivity contribution < 1.29 is 18.7 Å². The van der Waals surface area contributed by atoms with Gasteiger partial charge in [-0.15, -0.1) is 0 Å². The molecular formula is C20H22FN3O3. The zero-order valence-corrected chi connectivity index (χ0v) is 14.8. The number of carbonyl (C=O) groups is 2. The highest BCUT2D eigenvalue weighted by atomic mass is 19.1. The molecule has 0 spiro atoms. The molecule has 1 atom stereocenters. The van der Waals surface area contributed by atoms with Gasteiger partial charge in [0.05, 0.1) is 18.3 Å². The highest BCUT2D eigenvalue weighted by Gasteiger charge is 2.16. The van der Waals surface area contributed by atoms with E-state index in [4.69, 9.17) is 4.74 Å². The number of nitrogens with one attached hydrogen (secondary N) is 3. The lowest BCUT2D eigenvalue weighted by Gasteiger charge is -2.11. The SMILES string of the molecule is O=C(CNc1ccc(C(=O)NCC2CCCO2)cc1)Nc1ccccc1F. The van der Waals surface area contributed by atoms with E-state index in [0.717, 1.165) is 19.4 Å². The van der Waals surface area contributed by atoms with Crippen LogP contribution in [0.2, 0.25) is 0 Å². The van der Waals surface area contributed by atoms with E-state index >= 15 is 0 Å². The third-order valence-electron chi connectivity index (χ3n) is 4.26. The number of anilines is 2. The molecule has 7 heteroatoms. The Morgan fingerprint density at radius 2 is 1.89 bits per heavy atom. The lowest BCUT2D eigenvalue weighted by molar-refractivity contribution is -0.114. The Morgan fingerprint density at radius 3 is 2.59 bits per heavy atom. The summed E-state index contributed by atoms with van der Waals surface area (Å²) in [6.45, 7) is 1.25. The number of hydrogen-bond acceptors (Lipinski definition) is 4. The van der Waals surface area contributed by atoms with Crippen molar-refractivity contribution >= 4 is 23.2 Å². The van der Waals surface area contributed by atoms with Crippen molar-refractivity contribution in [3.05, 3.63) is 59.9 Å². The minimum atomic E-state index is -0.482. The second-order valence-corrected chi connectivity index (χ2v) is 6.30. The summed E-state index contributed by atoms with van der Waals surface area (Å²) >= 11 is 0. The monoisotopic (exact) mass is 371 g/mol. The van der Waals surface area contributed by atoms with E-state index in [1.54, 1.807) is 36.4 Å². The molecule has 0 saturated carbocycles. The van der Waals surface area contributed by atoms with E-state index in [1.807, 2.05) is 0 Å². The predicted octanol–water partition coefficient (Wildman–Crippen LogP) is 2.79. The van der Waals surface area contributed by atoms with Crippen LogP contribution >= 0.6 is 0 Å². The zero-order chi connectivity index (χ0) is 19.1. The summed E-state index contributed by atoms with van der Waals surface area (Å²) in [7, 11) is 0. The van der Waals surface area contributed by atoms with Gasteiger partial charge in [0.2, 0.25) is 5.91 Å². The summed E-state index contributed by atoms with van der Waals surface area (Å²) in [5.41, 5.74) is 1.37. The summed E-state index contributed by atoms with van der Waals surface area (Å²) in [6, 6.07) is 12.8. The van der Waals surface area contributed by atoms with Gasteiger partial charge < -0.3 is 20.7 Å². The molecule has 0 aliphatic carbocycles. The Kier molecular flexibility index (Phi) is 6.38. The van der Waals surface area contributed by atoms with E-state index < -0.39 is 5.82 Å². The van der Waals surface area contributed by atoms with Crippen LogP contribution in [0.1, 0.15) is 23.2 Å². The van der Waals surface area contributed by atoms with Gasteiger partial charge in [-0.05, 0) is 49.2 Å². The molecule has 6 nitrogen and oxygen atoms in total. The zero-order valence-electron chi connectivity index (χ0n) is 14.8. The van der Waals surface area contributed by atoms with Crippen LogP contribution in [0.3, 0.4) is 0 Å². The van der Waals surface area contributed by atoms with Gasteiger partial charge in [0.15, 0.2) is 0 Å². The van der Waals surface area contributed by atoms with E-state index in [-0.39, 0.29) is 30.2 Å². The lowest BCUT2D eigenvalue weighted by Crippen LogP contribution is -2.31. The van der Waals surface area contributed by atoms with Crippen LogP contribution in [0.25, 0.3) is 0 Å². The third-order valence-corrected chi connectivity index (χ3v) is 4.26. The average Bonchev–Trinajstić information content (AvgIpc) is 3.20. The first-order valence-corrected chi connectivity index (χ1v) is 8.90. The summed E-state index contributed by atoms with van der Waals surface area (Å²) in [5.74, 6) is -1.00. The topological polar surface area (TPSA) is 79.5 Å². The fourth-order valence-electron chi connectivity index (χ4n) is 2.79. The van der Waals surface area contributed by atoms with Gasteiger partial charge >= 0.3 is 0 Å². The van der Waals surface area contributed by atoms with Crippen molar-refractivity contribution in [1.82, 2.24) is 5.32 Å². The molecule has 1 fully saturated rings. The molecule has 0 aromatic heterocycles. The number of benzene rings is 2. The van der Waals surface area contributed by atoms with Gasteiger partial charge in [-0.25, -0.2) is 4.39 Å². The van der Waals surface area contributed by atoms with E-state index in [2.05, 4.69) is 16.0 Å². The van der Waals surface area contributed by atoms with Crippen LogP contribution in [0.5, 0.6) is 0 Å². The van der Waals surface area contributed by atoms with Crippen molar-refractivity contribution in [2.75, 3.05) is 30.3 Å². The molecule has 3 N–H and O–H groups in total. The van der Waals surface area contributed by atoms with Gasteiger partial charge in [-0.3, -0.25) is 9.59 Å². The number of para-hydroxylation sites is 1. The van der Waals surface area contributed by atoms with E-state index in [9.17, 15) is 14.0 Å². The molecule has 142 valence electrons. The Morgan fingerprint density at radius 1 is 1.11 bits per heavy atom. The Bertz CT molecular complexity index is 789.